The van der Waals surface area contributed by atoms with Crippen molar-refractivity contribution in [3.63, 3.8) is 0 Å². The maximum Gasteiger partial charge on any atom is 0.118 e. The fourth-order valence-electron chi connectivity index (χ4n) is 4.04. The van der Waals surface area contributed by atoms with Crippen LogP contribution in [0.3, 0.4) is 0 Å². The molecule has 2 nitrogen and oxygen atoms in total. The lowest BCUT2D eigenvalue weighted by molar-refractivity contribution is -0.0430. The van der Waals surface area contributed by atoms with E-state index in [9.17, 15) is 5.11 Å². The van der Waals surface area contributed by atoms with E-state index in [1.807, 2.05) is 0 Å². The molecule has 0 aromatic rings. The normalized spacial score (nSPS) is 52.4. The van der Waals surface area contributed by atoms with Gasteiger partial charge in [0.15, 0.2) is 0 Å². The SMILES string of the molecule is C=C1CC[C@H]2O[C@]2(C)[C@@H](O)C[C@@H]2[C@@H]1CC2(C)C. The molecule has 0 aromatic heterocycles. The second-order valence-corrected chi connectivity index (χ2v) is 7.14. The van der Waals surface area contributed by atoms with E-state index in [0.717, 1.165) is 19.3 Å². The molecule has 0 radical (unpaired) electrons. The van der Waals surface area contributed by atoms with E-state index in [0.29, 0.717) is 17.3 Å². The Labute approximate surface area is 104 Å². The van der Waals surface area contributed by atoms with E-state index < -0.39 is 0 Å². The third kappa shape index (κ3) is 1.61. The summed E-state index contributed by atoms with van der Waals surface area (Å²) in [6, 6.07) is 0. The molecule has 3 fully saturated rings. The van der Waals surface area contributed by atoms with Crippen LogP contribution in [0.15, 0.2) is 12.2 Å². The molecule has 96 valence electrons. The zero-order valence-corrected chi connectivity index (χ0v) is 11.2. The van der Waals surface area contributed by atoms with E-state index in [1.54, 1.807) is 0 Å². The van der Waals surface area contributed by atoms with Crippen molar-refractivity contribution in [3.05, 3.63) is 12.2 Å². The summed E-state index contributed by atoms with van der Waals surface area (Å²) in [7, 11) is 0. The van der Waals surface area contributed by atoms with Gasteiger partial charge in [-0.15, -0.1) is 0 Å². The third-order valence-corrected chi connectivity index (χ3v) is 5.60. The van der Waals surface area contributed by atoms with Gasteiger partial charge in [0.2, 0.25) is 0 Å². The first-order chi connectivity index (χ1) is 7.84. The monoisotopic (exact) mass is 236 g/mol. The van der Waals surface area contributed by atoms with Gasteiger partial charge in [-0.1, -0.05) is 26.0 Å². The summed E-state index contributed by atoms with van der Waals surface area (Å²) in [4.78, 5) is 0. The van der Waals surface area contributed by atoms with Gasteiger partial charge in [-0.05, 0) is 49.9 Å². The highest BCUT2D eigenvalue weighted by Gasteiger charge is 2.60. The lowest BCUT2D eigenvalue weighted by Crippen LogP contribution is -2.47. The molecule has 0 bridgehead atoms. The minimum absolute atomic E-state index is 0.259. The Balaban J connectivity index is 1.83. The highest BCUT2D eigenvalue weighted by atomic mass is 16.6. The maximum atomic E-state index is 10.4. The smallest absolute Gasteiger partial charge is 0.118 e. The summed E-state index contributed by atoms with van der Waals surface area (Å²) in [5.74, 6) is 1.23. The topological polar surface area (TPSA) is 32.8 Å². The Morgan fingerprint density at radius 2 is 2.06 bits per heavy atom. The zero-order chi connectivity index (χ0) is 12.4. The molecular formula is C15H24O2. The predicted octanol–water partition coefficient (Wildman–Crippen LogP) is 2.91. The van der Waals surface area contributed by atoms with Crippen LogP contribution in [-0.4, -0.2) is 22.9 Å². The fourth-order valence-corrected chi connectivity index (χ4v) is 4.04. The fraction of sp³-hybridized carbons (Fsp3) is 0.867. The van der Waals surface area contributed by atoms with Crippen molar-refractivity contribution in [1.29, 1.82) is 0 Å². The largest absolute Gasteiger partial charge is 0.390 e. The highest BCUT2D eigenvalue weighted by Crippen LogP contribution is 2.59. The number of allylic oxidation sites excluding steroid dienone is 1. The average Bonchev–Trinajstić information content (AvgIpc) is 2.91. The quantitative estimate of drug-likeness (QED) is 0.518. The predicted molar refractivity (Wildman–Crippen MR) is 67.7 cm³/mol. The molecule has 0 amide bonds. The molecule has 1 N–H and O–H groups in total. The van der Waals surface area contributed by atoms with Crippen LogP contribution in [0, 0.1) is 17.3 Å². The molecule has 2 heteroatoms. The standard InChI is InChI=1S/C15H24O2/c1-9-5-6-13-15(4,17-13)12(16)7-11-10(9)8-14(11,2)3/h10-13,16H,1,5-8H2,2-4H3/t10-,11-,12+,13-,15-/m1/s1. The van der Waals surface area contributed by atoms with Crippen molar-refractivity contribution in [2.75, 3.05) is 0 Å². The van der Waals surface area contributed by atoms with Crippen molar-refractivity contribution in [2.24, 2.45) is 17.3 Å². The molecular weight excluding hydrogens is 212 g/mol. The van der Waals surface area contributed by atoms with E-state index in [2.05, 4.69) is 27.4 Å². The van der Waals surface area contributed by atoms with E-state index >= 15 is 0 Å². The average molecular weight is 236 g/mol. The minimum atomic E-state index is -0.300. The van der Waals surface area contributed by atoms with Crippen LogP contribution in [0.4, 0.5) is 0 Å². The summed E-state index contributed by atoms with van der Waals surface area (Å²) in [5.41, 5.74) is 1.49. The summed E-state index contributed by atoms with van der Waals surface area (Å²) >= 11 is 0. The van der Waals surface area contributed by atoms with Crippen LogP contribution in [-0.2, 0) is 4.74 Å². The molecule has 1 heterocycles. The van der Waals surface area contributed by atoms with Gasteiger partial charge in [0.1, 0.15) is 5.60 Å². The zero-order valence-electron chi connectivity index (χ0n) is 11.2. The number of ether oxygens (including phenoxy) is 1. The van der Waals surface area contributed by atoms with Crippen LogP contribution >= 0.6 is 0 Å². The van der Waals surface area contributed by atoms with Gasteiger partial charge in [-0.2, -0.15) is 0 Å². The molecule has 0 spiro atoms. The first-order valence-corrected chi connectivity index (χ1v) is 6.88. The van der Waals surface area contributed by atoms with Crippen molar-refractivity contribution in [3.8, 4) is 0 Å². The number of fused-ring (bicyclic) bond motifs is 2. The summed E-state index contributed by atoms with van der Waals surface area (Å²) in [6.07, 6.45) is 4.19. The number of epoxide rings is 1. The minimum Gasteiger partial charge on any atom is -0.390 e. The molecule has 1 aliphatic heterocycles. The van der Waals surface area contributed by atoms with Crippen molar-refractivity contribution in [2.45, 2.75) is 64.3 Å². The molecule has 0 unspecified atom stereocenters. The van der Waals surface area contributed by atoms with Gasteiger partial charge in [0.25, 0.3) is 0 Å². The number of rotatable bonds is 0. The van der Waals surface area contributed by atoms with Crippen molar-refractivity contribution < 1.29 is 9.84 Å². The molecule has 5 atom stereocenters. The van der Waals surface area contributed by atoms with Crippen molar-refractivity contribution in [1.82, 2.24) is 0 Å². The van der Waals surface area contributed by atoms with Crippen LogP contribution in [0.1, 0.15) is 46.5 Å². The van der Waals surface area contributed by atoms with Gasteiger partial charge >= 0.3 is 0 Å². The lowest BCUT2D eigenvalue weighted by atomic mass is 9.52. The number of aliphatic hydroxyl groups excluding tert-OH is 1. The Hall–Kier alpha value is -0.340. The lowest BCUT2D eigenvalue weighted by Gasteiger charge is -2.53. The molecule has 17 heavy (non-hydrogen) atoms. The van der Waals surface area contributed by atoms with Crippen LogP contribution in [0.25, 0.3) is 0 Å². The van der Waals surface area contributed by atoms with Gasteiger partial charge in [-0.3, -0.25) is 0 Å². The summed E-state index contributed by atoms with van der Waals surface area (Å²) in [5, 5.41) is 10.4. The second kappa shape index (κ2) is 3.36. The third-order valence-electron chi connectivity index (χ3n) is 5.60. The van der Waals surface area contributed by atoms with Gasteiger partial charge in [0, 0.05) is 0 Å². The van der Waals surface area contributed by atoms with E-state index in [1.165, 1.54) is 12.0 Å². The Bertz CT molecular complexity index is 360. The Morgan fingerprint density at radius 1 is 1.35 bits per heavy atom. The molecule has 3 aliphatic rings. The van der Waals surface area contributed by atoms with Gasteiger partial charge in [-0.25, -0.2) is 0 Å². The molecule has 2 saturated carbocycles. The maximum absolute atomic E-state index is 10.4. The second-order valence-electron chi connectivity index (χ2n) is 7.14. The molecule has 2 aliphatic carbocycles. The first kappa shape index (κ1) is 11.7. The number of hydrogen-bond donors (Lipinski definition) is 1. The molecule has 1 saturated heterocycles. The van der Waals surface area contributed by atoms with Crippen LogP contribution < -0.4 is 0 Å². The Kier molecular flexibility index (Phi) is 2.32. The highest BCUT2D eigenvalue weighted by molar-refractivity contribution is 5.18. The summed E-state index contributed by atoms with van der Waals surface area (Å²) in [6.45, 7) is 11.0. The van der Waals surface area contributed by atoms with Crippen LogP contribution in [0.5, 0.6) is 0 Å². The summed E-state index contributed by atoms with van der Waals surface area (Å²) < 4.78 is 5.73. The van der Waals surface area contributed by atoms with Gasteiger partial charge < -0.3 is 9.84 Å². The first-order valence-electron chi connectivity index (χ1n) is 6.88. The van der Waals surface area contributed by atoms with Crippen LogP contribution in [0.2, 0.25) is 0 Å². The van der Waals surface area contributed by atoms with Crippen molar-refractivity contribution >= 4 is 0 Å². The number of aliphatic hydroxyl groups is 1. The molecule has 0 aromatic carbocycles. The van der Waals surface area contributed by atoms with Gasteiger partial charge in [0.05, 0.1) is 12.2 Å². The Morgan fingerprint density at radius 3 is 2.71 bits per heavy atom. The number of hydrogen-bond acceptors (Lipinski definition) is 2. The van der Waals surface area contributed by atoms with E-state index in [4.69, 9.17) is 4.74 Å². The molecule has 3 rings (SSSR count). The van der Waals surface area contributed by atoms with E-state index in [-0.39, 0.29) is 17.8 Å².